The summed E-state index contributed by atoms with van der Waals surface area (Å²) < 4.78 is 35.6. The highest BCUT2D eigenvalue weighted by molar-refractivity contribution is 5.90. The molecule has 4 aliphatic heterocycles. The van der Waals surface area contributed by atoms with Crippen molar-refractivity contribution in [1.82, 2.24) is 0 Å². The lowest BCUT2D eigenvalue weighted by molar-refractivity contribution is -0.424. The smallest absolute Gasteiger partial charge is 0.338 e. The zero-order valence-corrected chi connectivity index (χ0v) is 23.1. The summed E-state index contributed by atoms with van der Waals surface area (Å²) in [6, 6.07) is 13.7. The van der Waals surface area contributed by atoms with Gasteiger partial charge in [0.05, 0.1) is 16.5 Å². The lowest BCUT2D eigenvalue weighted by Gasteiger charge is -2.67. The average molecular weight is 601 g/mol. The molecule has 9 rings (SSSR count). The maximum absolute atomic E-state index is 12.9. The van der Waals surface area contributed by atoms with Gasteiger partial charge >= 0.3 is 11.9 Å². The Kier molecular flexibility index (Phi) is 6.44. The van der Waals surface area contributed by atoms with E-state index in [0.29, 0.717) is 0 Å². The van der Waals surface area contributed by atoms with Crippen LogP contribution in [0.4, 0.5) is 0 Å². The summed E-state index contributed by atoms with van der Waals surface area (Å²) >= 11 is 0. The van der Waals surface area contributed by atoms with E-state index in [2.05, 4.69) is 0 Å². The van der Waals surface area contributed by atoms with Gasteiger partial charge < -0.3 is 54.0 Å². The Balaban J connectivity index is 1.12. The second-order valence-electron chi connectivity index (χ2n) is 12.2. The van der Waals surface area contributed by atoms with Gasteiger partial charge in [0.15, 0.2) is 18.4 Å². The molecule has 5 N–H and O–H groups in total. The number of aliphatic hydroxyl groups is 4. The molecule has 4 saturated heterocycles. The highest BCUT2D eigenvalue weighted by Gasteiger charge is 2.94. The van der Waals surface area contributed by atoms with Gasteiger partial charge in [-0.15, -0.1) is 0 Å². The molecule has 3 saturated carbocycles. The zero-order valence-electron chi connectivity index (χ0n) is 23.1. The van der Waals surface area contributed by atoms with Crippen molar-refractivity contribution in [2.75, 3.05) is 13.2 Å². The molecular weight excluding hydrogens is 568 g/mol. The van der Waals surface area contributed by atoms with Crippen molar-refractivity contribution < 1.29 is 63.5 Å². The molecule has 0 amide bonds. The number of aromatic hydroxyl groups is 1. The molecule has 230 valence electrons. The first-order valence-corrected chi connectivity index (χ1v) is 14.1. The zero-order chi connectivity index (χ0) is 30.4. The quantitative estimate of drug-likeness (QED) is 0.259. The summed E-state index contributed by atoms with van der Waals surface area (Å²) in [5, 5.41) is 53.2. The molecule has 13 nitrogen and oxygen atoms in total. The van der Waals surface area contributed by atoms with Crippen molar-refractivity contribution in [1.29, 1.82) is 0 Å². The van der Waals surface area contributed by atoms with E-state index in [4.69, 9.17) is 28.4 Å². The number of aliphatic hydroxyl groups excluding tert-OH is 3. The fraction of sp³-hybridized carbons (Fsp3) is 0.533. The number of rotatable bonds is 8. The van der Waals surface area contributed by atoms with Crippen LogP contribution in [0.1, 0.15) is 40.5 Å². The van der Waals surface area contributed by atoms with Crippen molar-refractivity contribution in [3.05, 3.63) is 65.7 Å². The van der Waals surface area contributed by atoms with Gasteiger partial charge in [-0.2, -0.15) is 0 Å². The summed E-state index contributed by atoms with van der Waals surface area (Å²) in [4.78, 5) is 25.4. The maximum Gasteiger partial charge on any atom is 0.338 e. The Morgan fingerprint density at radius 3 is 2.30 bits per heavy atom. The Labute approximate surface area is 245 Å². The first-order valence-electron chi connectivity index (χ1n) is 14.1. The minimum Gasteiger partial charge on any atom is -0.508 e. The molecule has 0 radical (unpaired) electrons. The Bertz CT molecular complexity index is 1420. The lowest BCUT2D eigenvalue weighted by atomic mass is 9.41. The van der Waals surface area contributed by atoms with Crippen molar-refractivity contribution in [3.63, 3.8) is 0 Å². The number of esters is 2. The van der Waals surface area contributed by atoms with Crippen LogP contribution in [0.25, 0.3) is 0 Å². The number of hydrogen-bond acceptors (Lipinski definition) is 13. The molecule has 43 heavy (non-hydrogen) atoms. The average Bonchev–Trinajstić information content (AvgIpc) is 3.18. The SMILES string of the molecule is C[C@@]12C[C@@]3(O)O[C@@H](O1)[C@]1(COC(=O)c4ccc(O)cc4)[C@H]3C[C@@]12O[C@@H]1O[C@H](COC(=O)c2ccccc2)[C@@H](O)[C@H](O)[C@H]1O. The molecule has 0 unspecified atom stereocenters. The van der Waals surface area contributed by atoms with Gasteiger partial charge in [0.25, 0.3) is 0 Å². The van der Waals surface area contributed by atoms with Gasteiger partial charge in [-0.3, -0.25) is 0 Å². The molecule has 2 aromatic rings. The van der Waals surface area contributed by atoms with Crippen LogP contribution < -0.4 is 0 Å². The topological polar surface area (TPSA) is 191 Å². The molecule has 2 aromatic carbocycles. The van der Waals surface area contributed by atoms with Gasteiger partial charge in [0.1, 0.15) is 54.6 Å². The fourth-order valence-electron chi connectivity index (χ4n) is 7.70. The first kappa shape index (κ1) is 28.6. The number of carbonyl (C=O) groups excluding carboxylic acids is 2. The number of carbonyl (C=O) groups is 2. The molecule has 4 heterocycles. The van der Waals surface area contributed by atoms with Crippen molar-refractivity contribution in [3.8, 4) is 5.75 Å². The summed E-state index contributed by atoms with van der Waals surface area (Å²) in [5.74, 6) is -3.46. The number of benzene rings is 2. The molecule has 3 aliphatic carbocycles. The highest BCUT2D eigenvalue weighted by atomic mass is 16.8. The van der Waals surface area contributed by atoms with Gasteiger partial charge in [-0.25, -0.2) is 9.59 Å². The van der Waals surface area contributed by atoms with E-state index in [1.165, 1.54) is 24.3 Å². The lowest BCUT2D eigenvalue weighted by Crippen LogP contribution is -2.80. The van der Waals surface area contributed by atoms with Crippen LogP contribution in [-0.2, 0) is 28.4 Å². The maximum atomic E-state index is 12.9. The third kappa shape index (κ3) is 3.93. The van der Waals surface area contributed by atoms with Crippen LogP contribution in [0.5, 0.6) is 5.75 Å². The Morgan fingerprint density at radius 1 is 0.907 bits per heavy atom. The van der Waals surface area contributed by atoms with Gasteiger partial charge in [-0.05, 0) is 49.7 Å². The third-order valence-corrected chi connectivity index (χ3v) is 9.87. The number of ether oxygens (including phenoxy) is 6. The first-order chi connectivity index (χ1) is 20.4. The number of hydrogen-bond donors (Lipinski definition) is 5. The molecular formula is C30H32O13. The van der Waals surface area contributed by atoms with E-state index in [-0.39, 0.29) is 36.3 Å². The second kappa shape index (κ2) is 9.68. The molecule has 7 aliphatic rings. The van der Waals surface area contributed by atoms with Crippen molar-refractivity contribution in [2.45, 2.75) is 73.8 Å². The molecule has 6 bridgehead atoms. The monoisotopic (exact) mass is 600 g/mol. The van der Waals surface area contributed by atoms with Crippen LogP contribution in [-0.4, -0.2) is 105 Å². The van der Waals surface area contributed by atoms with Crippen LogP contribution >= 0.6 is 0 Å². The standard InChI is InChI=1S/C30H32O13/c1-27-13-29(37)19-11-30(27,28(19,26(42-27)43-29)14-39-24(36)16-7-9-17(31)10-8-16)41-25-22(34)21(33)20(32)18(40-25)12-38-23(35)15-5-3-2-4-6-15/h2-10,18-22,25-26,31-34,37H,11-14H2,1H3/t18-,19-,20-,21+,22-,25+,26-,27+,28+,29-,30+/m1/s1. The van der Waals surface area contributed by atoms with E-state index in [9.17, 15) is 35.1 Å². The van der Waals surface area contributed by atoms with E-state index in [0.717, 1.165) is 0 Å². The number of phenols is 1. The van der Waals surface area contributed by atoms with Gasteiger partial charge in [-0.1, -0.05) is 18.2 Å². The second-order valence-corrected chi connectivity index (χ2v) is 12.2. The summed E-state index contributed by atoms with van der Waals surface area (Å²) in [5.41, 5.74) is -3.18. The van der Waals surface area contributed by atoms with E-state index >= 15 is 0 Å². The van der Waals surface area contributed by atoms with Crippen LogP contribution in [0.15, 0.2) is 54.6 Å². The largest absolute Gasteiger partial charge is 0.508 e. The summed E-state index contributed by atoms with van der Waals surface area (Å²) in [7, 11) is 0. The Hall–Kier alpha value is -3.14. The minimum atomic E-state index is -1.71. The fourth-order valence-corrected chi connectivity index (χ4v) is 7.70. The van der Waals surface area contributed by atoms with Crippen LogP contribution in [0.3, 0.4) is 0 Å². The predicted molar refractivity (Wildman–Crippen MR) is 140 cm³/mol. The van der Waals surface area contributed by atoms with Crippen molar-refractivity contribution in [2.24, 2.45) is 11.3 Å². The molecule has 0 spiro atoms. The summed E-state index contributed by atoms with van der Waals surface area (Å²) in [6.07, 6.45) is -8.57. The third-order valence-electron chi connectivity index (χ3n) is 9.87. The number of phenolic OH excluding ortho intramolecular Hbond substituents is 1. The van der Waals surface area contributed by atoms with E-state index in [1.807, 2.05) is 0 Å². The van der Waals surface area contributed by atoms with Gasteiger partial charge in [0, 0.05) is 12.3 Å². The molecule has 11 atom stereocenters. The van der Waals surface area contributed by atoms with Gasteiger partial charge in [0.2, 0.25) is 0 Å². The van der Waals surface area contributed by atoms with Crippen molar-refractivity contribution >= 4 is 11.9 Å². The summed E-state index contributed by atoms with van der Waals surface area (Å²) in [6.45, 7) is 1.01. The minimum absolute atomic E-state index is 0.0149. The van der Waals surface area contributed by atoms with E-state index in [1.54, 1.807) is 37.3 Å². The molecule has 0 aromatic heterocycles. The molecule has 7 fully saturated rings. The van der Waals surface area contributed by atoms with Crippen LogP contribution in [0, 0.1) is 11.3 Å². The van der Waals surface area contributed by atoms with Crippen LogP contribution in [0.2, 0.25) is 0 Å². The normalized spacial score (nSPS) is 43.7. The predicted octanol–water partition coefficient (Wildman–Crippen LogP) is 0.213. The molecule has 13 heteroatoms. The Morgan fingerprint density at radius 2 is 1.58 bits per heavy atom. The van der Waals surface area contributed by atoms with E-state index < -0.39 is 83.9 Å². The highest BCUT2D eigenvalue weighted by Crippen LogP contribution is 2.81.